The van der Waals surface area contributed by atoms with Gasteiger partial charge in [0.1, 0.15) is 4.99 Å². The first-order valence-electron chi connectivity index (χ1n) is 6.04. The van der Waals surface area contributed by atoms with E-state index in [0.29, 0.717) is 10.6 Å². The number of carbonyl (C=O) groups is 1. The summed E-state index contributed by atoms with van der Waals surface area (Å²) in [6, 6.07) is 12.7. The van der Waals surface area contributed by atoms with Gasteiger partial charge in [-0.2, -0.15) is 0 Å². The summed E-state index contributed by atoms with van der Waals surface area (Å²) in [5.74, 6) is -0.437. The number of hydrogen-bond donors (Lipinski definition) is 3. The fourth-order valence-electron chi connectivity index (χ4n) is 1.90. The van der Waals surface area contributed by atoms with Crippen LogP contribution in [0, 0.1) is 6.92 Å². The van der Waals surface area contributed by atoms with Gasteiger partial charge in [-0.1, -0.05) is 12.2 Å². The maximum atomic E-state index is 11.0. The highest BCUT2D eigenvalue weighted by Gasteiger charge is 2.04. The minimum absolute atomic E-state index is 0.389. The van der Waals surface area contributed by atoms with E-state index in [2.05, 4.69) is 5.32 Å². The van der Waals surface area contributed by atoms with Crippen LogP contribution in [0.25, 0.3) is 0 Å². The smallest absolute Gasteiger partial charge is 0.248 e. The lowest BCUT2D eigenvalue weighted by molar-refractivity contribution is 0.100. The van der Waals surface area contributed by atoms with Gasteiger partial charge in [-0.05, 0) is 55.0 Å². The number of nitrogens with two attached hydrogens (primary N) is 2. The highest BCUT2D eigenvalue weighted by molar-refractivity contribution is 7.80. The average Bonchev–Trinajstić information content (AvgIpc) is 2.39. The molecule has 1 amide bonds. The topological polar surface area (TPSA) is 81.1 Å². The van der Waals surface area contributed by atoms with Crippen molar-refractivity contribution < 1.29 is 4.79 Å². The van der Waals surface area contributed by atoms with Crippen molar-refractivity contribution in [3.05, 3.63) is 59.2 Å². The molecular weight excluding hydrogens is 270 g/mol. The summed E-state index contributed by atoms with van der Waals surface area (Å²) in [4.78, 5) is 11.4. The molecule has 0 atom stereocenters. The van der Waals surface area contributed by atoms with Crippen LogP contribution in [0.1, 0.15) is 21.5 Å². The number of carbonyl (C=O) groups excluding carboxylic acids is 1. The van der Waals surface area contributed by atoms with Crippen molar-refractivity contribution in [2.24, 2.45) is 11.5 Å². The number of benzene rings is 2. The van der Waals surface area contributed by atoms with E-state index in [4.69, 9.17) is 23.7 Å². The summed E-state index contributed by atoms with van der Waals surface area (Å²) in [7, 11) is 0. The van der Waals surface area contributed by atoms with Crippen LogP contribution in [0.4, 0.5) is 11.4 Å². The summed E-state index contributed by atoms with van der Waals surface area (Å²) in [5, 5.41) is 3.24. The Morgan fingerprint density at radius 2 is 1.65 bits per heavy atom. The predicted octanol–water partition coefficient (Wildman–Crippen LogP) is 2.47. The highest BCUT2D eigenvalue weighted by Crippen LogP contribution is 2.20. The lowest BCUT2D eigenvalue weighted by atomic mass is 10.1. The molecule has 102 valence electrons. The molecule has 2 aromatic carbocycles. The van der Waals surface area contributed by atoms with Gasteiger partial charge < -0.3 is 16.8 Å². The van der Waals surface area contributed by atoms with E-state index in [0.717, 1.165) is 22.5 Å². The van der Waals surface area contributed by atoms with Gasteiger partial charge >= 0.3 is 0 Å². The number of hydrogen-bond acceptors (Lipinski definition) is 3. The molecule has 0 aliphatic heterocycles. The summed E-state index contributed by atoms with van der Waals surface area (Å²) in [5.41, 5.74) is 15.0. The standard InChI is InChI=1S/C15H15N3OS/c1-9-8-12(6-7-13(9)15(17)20)18-11-4-2-10(3-5-11)14(16)19/h2-8,18H,1H3,(H2,16,19)(H2,17,20). The summed E-state index contributed by atoms with van der Waals surface area (Å²) in [6.45, 7) is 1.95. The molecule has 0 fully saturated rings. The van der Waals surface area contributed by atoms with Crippen molar-refractivity contribution in [3.8, 4) is 0 Å². The molecule has 0 bridgehead atoms. The number of primary amides is 1. The molecule has 0 heterocycles. The number of thiocarbonyl (C=S) groups is 1. The molecule has 0 unspecified atom stereocenters. The molecule has 0 aliphatic carbocycles. The fourth-order valence-corrected chi connectivity index (χ4v) is 2.13. The molecular formula is C15H15N3OS. The molecule has 2 aromatic rings. The van der Waals surface area contributed by atoms with Crippen molar-refractivity contribution in [2.45, 2.75) is 6.92 Å². The molecule has 20 heavy (non-hydrogen) atoms. The summed E-state index contributed by atoms with van der Waals surface area (Å²) < 4.78 is 0. The third-order valence-corrected chi connectivity index (χ3v) is 3.17. The first-order valence-corrected chi connectivity index (χ1v) is 6.45. The zero-order valence-electron chi connectivity index (χ0n) is 11.0. The van der Waals surface area contributed by atoms with E-state index in [9.17, 15) is 4.79 Å². The van der Waals surface area contributed by atoms with Crippen LogP contribution in [-0.2, 0) is 0 Å². The molecule has 0 aromatic heterocycles. The highest BCUT2D eigenvalue weighted by atomic mass is 32.1. The maximum Gasteiger partial charge on any atom is 0.248 e. The quantitative estimate of drug-likeness (QED) is 0.754. The van der Waals surface area contributed by atoms with Crippen molar-refractivity contribution in [1.82, 2.24) is 0 Å². The second-order valence-electron chi connectivity index (χ2n) is 4.46. The summed E-state index contributed by atoms with van der Waals surface area (Å²) in [6.07, 6.45) is 0. The Hall–Kier alpha value is -2.40. The van der Waals surface area contributed by atoms with Crippen LogP contribution in [0.3, 0.4) is 0 Å². The molecule has 5 heteroatoms. The van der Waals surface area contributed by atoms with Crippen LogP contribution in [0.15, 0.2) is 42.5 Å². The zero-order chi connectivity index (χ0) is 14.7. The third-order valence-electron chi connectivity index (χ3n) is 2.95. The fraction of sp³-hybridized carbons (Fsp3) is 0.0667. The summed E-state index contributed by atoms with van der Waals surface area (Å²) >= 11 is 4.97. The van der Waals surface area contributed by atoms with Crippen LogP contribution in [0.5, 0.6) is 0 Å². The van der Waals surface area contributed by atoms with Gasteiger partial charge in [0.05, 0.1) is 0 Å². The molecule has 0 radical (unpaired) electrons. The first-order chi connectivity index (χ1) is 9.47. The Bertz CT molecular complexity index is 665. The Kier molecular flexibility index (Phi) is 4.00. The van der Waals surface area contributed by atoms with Crippen molar-refractivity contribution in [2.75, 3.05) is 5.32 Å². The molecule has 5 N–H and O–H groups in total. The third kappa shape index (κ3) is 3.13. The Balaban J connectivity index is 2.19. The minimum Gasteiger partial charge on any atom is -0.389 e. The van der Waals surface area contributed by atoms with Crippen LogP contribution >= 0.6 is 12.2 Å². The number of aryl methyl sites for hydroxylation is 1. The van der Waals surface area contributed by atoms with E-state index >= 15 is 0 Å². The van der Waals surface area contributed by atoms with E-state index in [1.165, 1.54) is 0 Å². The minimum atomic E-state index is -0.437. The second-order valence-corrected chi connectivity index (χ2v) is 4.90. The lowest BCUT2D eigenvalue weighted by Crippen LogP contribution is -2.11. The zero-order valence-corrected chi connectivity index (χ0v) is 11.8. The Labute approximate surface area is 122 Å². The van der Waals surface area contributed by atoms with Gasteiger partial charge in [-0.3, -0.25) is 4.79 Å². The molecule has 4 nitrogen and oxygen atoms in total. The van der Waals surface area contributed by atoms with Gasteiger partial charge in [-0.25, -0.2) is 0 Å². The predicted molar refractivity (Wildman–Crippen MR) is 85.3 cm³/mol. The van der Waals surface area contributed by atoms with Crippen molar-refractivity contribution in [1.29, 1.82) is 0 Å². The lowest BCUT2D eigenvalue weighted by Gasteiger charge is -2.10. The normalized spacial score (nSPS) is 10.1. The molecule has 0 saturated heterocycles. The van der Waals surface area contributed by atoms with Crippen LogP contribution in [-0.4, -0.2) is 10.9 Å². The molecule has 0 aliphatic rings. The van der Waals surface area contributed by atoms with Gasteiger partial charge in [0.15, 0.2) is 0 Å². The van der Waals surface area contributed by atoms with Crippen LogP contribution in [0.2, 0.25) is 0 Å². The molecule has 0 saturated carbocycles. The molecule has 2 rings (SSSR count). The van der Waals surface area contributed by atoms with E-state index in [1.807, 2.05) is 25.1 Å². The number of anilines is 2. The van der Waals surface area contributed by atoms with Gasteiger partial charge in [0.2, 0.25) is 5.91 Å². The average molecular weight is 285 g/mol. The monoisotopic (exact) mass is 285 g/mol. The van der Waals surface area contributed by atoms with Gasteiger partial charge in [0.25, 0.3) is 0 Å². The largest absolute Gasteiger partial charge is 0.389 e. The number of rotatable bonds is 4. The first kappa shape index (κ1) is 14.0. The van der Waals surface area contributed by atoms with Crippen LogP contribution < -0.4 is 16.8 Å². The van der Waals surface area contributed by atoms with Crippen molar-refractivity contribution in [3.63, 3.8) is 0 Å². The van der Waals surface area contributed by atoms with Gasteiger partial charge in [0, 0.05) is 22.5 Å². The van der Waals surface area contributed by atoms with Gasteiger partial charge in [-0.15, -0.1) is 0 Å². The van der Waals surface area contributed by atoms with E-state index in [-0.39, 0.29) is 0 Å². The van der Waals surface area contributed by atoms with E-state index < -0.39 is 5.91 Å². The Morgan fingerprint density at radius 1 is 1.05 bits per heavy atom. The maximum absolute atomic E-state index is 11.0. The SMILES string of the molecule is Cc1cc(Nc2ccc(C(N)=O)cc2)ccc1C(N)=S. The van der Waals surface area contributed by atoms with E-state index in [1.54, 1.807) is 24.3 Å². The second kappa shape index (κ2) is 5.71. The number of amides is 1. The molecule has 0 spiro atoms. The number of nitrogens with one attached hydrogen (secondary N) is 1. The Morgan fingerprint density at radius 3 is 2.15 bits per heavy atom. The van der Waals surface area contributed by atoms with Crippen molar-refractivity contribution >= 4 is 34.5 Å².